The Hall–Kier alpha value is -0.950. The lowest BCUT2D eigenvalue weighted by Crippen LogP contribution is -1.95. The topological polar surface area (TPSA) is 50.2 Å². The Labute approximate surface area is 92.8 Å². The van der Waals surface area contributed by atoms with Crippen molar-refractivity contribution in [3.05, 3.63) is 23.2 Å². The van der Waals surface area contributed by atoms with Gasteiger partial charge >= 0.3 is 5.97 Å². The molecule has 1 heterocycles. The van der Waals surface area contributed by atoms with Crippen LogP contribution in [0.1, 0.15) is 16.9 Å². The van der Waals surface area contributed by atoms with E-state index in [1.165, 1.54) is 28.5 Å². The van der Waals surface area contributed by atoms with E-state index in [2.05, 4.69) is 4.98 Å². The zero-order valence-corrected chi connectivity index (χ0v) is 9.08. The Morgan fingerprint density at radius 1 is 1.67 bits per heavy atom. The maximum Gasteiger partial charge on any atom is 0.355 e. The second-order valence-electron chi connectivity index (χ2n) is 2.43. The van der Waals surface area contributed by atoms with E-state index in [-0.39, 0.29) is 12.1 Å². The highest BCUT2D eigenvalue weighted by molar-refractivity contribution is 8.01. The number of aromatic nitrogens is 1. The normalized spacial score (nSPS) is 10.0. The Morgan fingerprint density at radius 3 is 2.93 bits per heavy atom. The lowest BCUT2D eigenvalue weighted by Gasteiger charge is -1.91. The van der Waals surface area contributed by atoms with E-state index in [1.807, 2.05) is 0 Å². The summed E-state index contributed by atoms with van der Waals surface area (Å²) in [5, 5.41) is 10.00. The molecular weight excluding hydrogens is 244 g/mol. The molecule has 0 fully saturated rings. The lowest BCUT2D eigenvalue weighted by molar-refractivity contribution is 0.0691. The summed E-state index contributed by atoms with van der Waals surface area (Å²) in [4.78, 5) is 14.3. The zero-order valence-electron chi connectivity index (χ0n) is 7.44. The first-order valence-corrected chi connectivity index (χ1v) is 5.79. The fourth-order valence-corrected chi connectivity index (χ4v) is 2.49. The number of nitrogens with zero attached hydrogens (tertiary/aromatic N) is 1. The quantitative estimate of drug-likeness (QED) is 0.645. The van der Waals surface area contributed by atoms with Crippen LogP contribution in [-0.4, -0.2) is 21.8 Å². The number of halogens is 2. The van der Waals surface area contributed by atoms with E-state index < -0.39 is 12.0 Å². The Balaban J connectivity index is 2.38. The molecule has 0 unspecified atom stereocenters. The van der Waals surface area contributed by atoms with Crippen LogP contribution >= 0.6 is 23.1 Å². The van der Waals surface area contributed by atoms with Crippen molar-refractivity contribution in [3.8, 4) is 0 Å². The number of allylic oxidation sites excluding steroid dienone is 1. The Bertz CT molecular complexity index is 374. The summed E-state index contributed by atoms with van der Waals surface area (Å²) < 4.78 is 23.8. The summed E-state index contributed by atoms with van der Waals surface area (Å²) in [6, 6.07) is 0. The molecule has 0 saturated carbocycles. The number of carboxylic acid groups (broad SMARTS) is 1. The van der Waals surface area contributed by atoms with Crippen LogP contribution in [0.25, 0.3) is 0 Å². The fraction of sp³-hybridized carbons (Fsp3) is 0.250. The van der Waals surface area contributed by atoms with Gasteiger partial charge in [-0.1, -0.05) is 11.8 Å². The molecule has 0 bridgehead atoms. The molecule has 0 radical (unpaired) electrons. The minimum atomic E-state index is -1.69. The average molecular weight is 251 g/mol. The molecule has 1 rings (SSSR count). The van der Waals surface area contributed by atoms with Crippen molar-refractivity contribution < 1.29 is 18.7 Å². The maximum absolute atomic E-state index is 11.6. The predicted octanol–water partition coefficient (Wildman–Crippen LogP) is 3.10. The molecule has 0 spiro atoms. The fourth-order valence-electron chi connectivity index (χ4n) is 0.736. The minimum absolute atomic E-state index is 0.00489. The van der Waals surface area contributed by atoms with Gasteiger partial charge in [0.25, 0.3) is 6.08 Å². The van der Waals surface area contributed by atoms with Crippen molar-refractivity contribution in [1.29, 1.82) is 0 Å². The third-order valence-corrected chi connectivity index (χ3v) is 3.40. The van der Waals surface area contributed by atoms with Crippen LogP contribution in [-0.2, 0) is 0 Å². The van der Waals surface area contributed by atoms with Crippen LogP contribution in [0.3, 0.4) is 0 Å². The molecule has 0 saturated heterocycles. The van der Waals surface area contributed by atoms with Gasteiger partial charge in [-0.15, -0.1) is 11.3 Å². The summed E-state index contributed by atoms with van der Waals surface area (Å²) in [6.07, 6.45) is -0.616. The van der Waals surface area contributed by atoms with Crippen LogP contribution in [0.15, 0.2) is 21.9 Å². The van der Waals surface area contributed by atoms with Crippen LogP contribution in [0, 0.1) is 0 Å². The third kappa shape index (κ3) is 4.39. The number of hydrogen-bond donors (Lipinski definition) is 1. The molecule has 1 aromatic rings. The lowest BCUT2D eigenvalue weighted by atomic mass is 10.5. The maximum atomic E-state index is 11.6. The van der Waals surface area contributed by atoms with Crippen LogP contribution in [0.5, 0.6) is 0 Å². The molecule has 0 aromatic carbocycles. The summed E-state index contributed by atoms with van der Waals surface area (Å²) in [7, 11) is 0. The molecule has 1 aromatic heterocycles. The van der Waals surface area contributed by atoms with Gasteiger partial charge in [-0.25, -0.2) is 9.78 Å². The number of thiazole rings is 1. The molecule has 0 atom stereocenters. The van der Waals surface area contributed by atoms with E-state index in [1.54, 1.807) is 0 Å². The average Bonchev–Trinajstić information content (AvgIpc) is 2.60. The Morgan fingerprint density at radius 2 is 2.40 bits per heavy atom. The van der Waals surface area contributed by atoms with E-state index >= 15 is 0 Å². The van der Waals surface area contributed by atoms with Gasteiger partial charge in [0, 0.05) is 11.1 Å². The smallest absolute Gasteiger partial charge is 0.355 e. The van der Waals surface area contributed by atoms with Crippen molar-refractivity contribution in [2.45, 2.75) is 10.8 Å². The third-order valence-electron chi connectivity index (χ3n) is 1.34. The van der Waals surface area contributed by atoms with E-state index in [0.717, 1.165) is 6.08 Å². The summed E-state index contributed by atoms with van der Waals surface area (Å²) in [5.74, 6) is -0.614. The predicted molar refractivity (Wildman–Crippen MR) is 54.7 cm³/mol. The number of carboxylic acids is 1. The van der Waals surface area contributed by atoms with Gasteiger partial charge in [0.15, 0.2) is 10.0 Å². The van der Waals surface area contributed by atoms with Crippen LogP contribution in [0.4, 0.5) is 8.78 Å². The number of hydrogen-bond acceptors (Lipinski definition) is 4. The molecule has 3 nitrogen and oxygen atoms in total. The van der Waals surface area contributed by atoms with Crippen molar-refractivity contribution >= 4 is 29.1 Å². The molecule has 7 heteroatoms. The second kappa shape index (κ2) is 5.82. The van der Waals surface area contributed by atoms with Crippen LogP contribution in [0.2, 0.25) is 0 Å². The van der Waals surface area contributed by atoms with Crippen molar-refractivity contribution in [2.75, 3.05) is 5.75 Å². The molecular formula is C8H7F2NO2S2. The monoisotopic (exact) mass is 251 g/mol. The second-order valence-corrected chi connectivity index (χ2v) is 4.63. The zero-order chi connectivity index (χ0) is 11.3. The van der Waals surface area contributed by atoms with E-state index in [9.17, 15) is 13.6 Å². The molecule has 0 aliphatic rings. The van der Waals surface area contributed by atoms with Gasteiger partial charge < -0.3 is 5.11 Å². The standard InChI is InChI=1S/C8H7F2NO2S2/c9-6(10)2-1-3-14-8-11-5(4-15-8)7(12)13/h2,4H,1,3H2,(H,12,13). The SMILES string of the molecule is O=C(O)c1csc(SCCC=C(F)F)n1. The number of carbonyl (C=O) groups is 1. The molecule has 15 heavy (non-hydrogen) atoms. The molecule has 82 valence electrons. The summed E-state index contributed by atoms with van der Waals surface area (Å²) in [5.41, 5.74) is -0.00489. The van der Waals surface area contributed by atoms with Crippen LogP contribution < -0.4 is 0 Å². The first kappa shape index (κ1) is 12.1. The highest BCUT2D eigenvalue weighted by Crippen LogP contribution is 2.23. The van der Waals surface area contributed by atoms with Gasteiger partial charge in [0.1, 0.15) is 0 Å². The van der Waals surface area contributed by atoms with Gasteiger partial charge in [0.2, 0.25) is 0 Å². The first-order valence-electron chi connectivity index (χ1n) is 3.92. The van der Waals surface area contributed by atoms with E-state index in [4.69, 9.17) is 5.11 Å². The summed E-state index contributed by atoms with van der Waals surface area (Å²) in [6.45, 7) is 0. The molecule has 0 amide bonds. The van der Waals surface area contributed by atoms with Gasteiger partial charge in [0.05, 0.1) is 0 Å². The van der Waals surface area contributed by atoms with Crippen molar-refractivity contribution in [3.63, 3.8) is 0 Å². The van der Waals surface area contributed by atoms with Gasteiger partial charge in [-0.2, -0.15) is 8.78 Å². The first-order chi connectivity index (χ1) is 7.09. The Kier molecular flexibility index (Phi) is 4.70. The van der Waals surface area contributed by atoms with Gasteiger partial charge in [-0.05, 0) is 12.5 Å². The van der Waals surface area contributed by atoms with Gasteiger partial charge in [-0.3, -0.25) is 0 Å². The molecule has 1 N–H and O–H groups in total. The number of rotatable bonds is 5. The number of aromatic carboxylic acids is 1. The highest BCUT2D eigenvalue weighted by Gasteiger charge is 2.08. The largest absolute Gasteiger partial charge is 0.476 e. The van der Waals surface area contributed by atoms with Crippen molar-refractivity contribution in [1.82, 2.24) is 4.98 Å². The van der Waals surface area contributed by atoms with E-state index in [0.29, 0.717) is 10.1 Å². The minimum Gasteiger partial charge on any atom is -0.476 e. The molecule has 0 aliphatic carbocycles. The van der Waals surface area contributed by atoms with Crippen molar-refractivity contribution in [2.24, 2.45) is 0 Å². The molecule has 0 aliphatic heterocycles. The number of thioether (sulfide) groups is 1. The highest BCUT2D eigenvalue weighted by atomic mass is 32.2. The summed E-state index contributed by atoms with van der Waals surface area (Å²) >= 11 is 2.47.